The summed E-state index contributed by atoms with van der Waals surface area (Å²) in [6.07, 6.45) is 1.38. The standard InChI is InChI=1S/C13H13NO7S/c15-11(14-9(13(18)19)7-12(16)17)6-5-8-3-1-2-4-10(8)22(20)21/h1-6,9,22H,7H2,(H,14,15)(H,16,17)(H,18,19)/b6-5+/t9-/m1/s1. The Morgan fingerprint density at radius 3 is 2.36 bits per heavy atom. The van der Waals surface area contributed by atoms with Gasteiger partial charge in [0.2, 0.25) is 5.91 Å². The topological polar surface area (TPSA) is 138 Å². The number of rotatable bonds is 7. The van der Waals surface area contributed by atoms with E-state index in [-0.39, 0.29) is 10.5 Å². The van der Waals surface area contributed by atoms with Crippen molar-refractivity contribution in [2.75, 3.05) is 0 Å². The van der Waals surface area contributed by atoms with Crippen LogP contribution in [-0.4, -0.2) is 42.5 Å². The number of hydrogen-bond acceptors (Lipinski definition) is 5. The Kier molecular flexibility index (Phi) is 6.26. The Labute approximate surface area is 127 Å². The molecule has 0 spiro atoms. The summed E-state index contributed by atoms with van der Waals surface area (Å²) in [4.78, 5) is 32.9. The maximum absolute atomic E-state index is 11.6. The van der Waals surface area contributed by atoms with Crippen LogP contribution in [-0.2, 0) is 25.1 Å². The van der Waals surface area contributed by atoms with Gasteiger partial charge in [-0.25, -0.2) is 13.2 Å². The lowest BCUT2D eigenvalue weighted by molar-refractivity contribution is -0.146. The molecule has 1 rings (SSSR count). The van der Waals surface area contributed by atoms with Crippen LogP contribution in [0.15, 0.2) is 35.2 Å². The first kappa shape index (κ1) is 17.4. The van der Waals surface area contributed by atoms with Crippen molar-refractivity contribution in [3.63, 3.8) is 0 Å². The predicted molar refractivity (Wildman–Crippen MR) is 75.9 cm³/mol. The van der Waals surface area contributed by atoms with Crippen molar-refractivity contribution in [3.8, 4) is 0 Å². The summed E-state index contributed by atoms with van der Waals surface area (Å²) >= 11 is 0. The van der Waals surface area contributed by atoms with E-state index in [1.807, 2.05) is 5.32 Å². The van der Waals surface area contributed by atoms with Crippen LogP contribution in [0.1, 0.15) is 12.0 Å². The highest BCUT2D eigenvalue weighted by Crippen LogP contribution is 2.11. The van der Waals surface area contributed by atoms with E-state index in [0.717, 1.165) is 6.08 Å². The molecule has 1 atom stereocenters. The first-order valence-corrected chi connectivity index (χ1v) is 7.15. The molecule has 1 amide bonds. The Morgan fingerprint density at radius 2 is 1.82 bits per heavy atom. The van der Waals surface area contributed by atoms with E-state index >= 15 is 0 Å². The van der Waals surface area contributed by atoms with Crippen LogP contribution in [0.2, 0.25) is 0 Å². The molecule has 1 aromatic rings. The lowest BCUT2D eigenvalue weighted by atomic mass is 10.2. The molecule has 0 bridgehead atoms. The van der Waals surface area contributed by atoms with Crippen molar-refractivity contribution in [1.82, 2.24) is 5.32 Å². The number of benzene rings is 1. The fourth-order valence-electron chi connectivity index (χ4n) is 1.55. The van der Waals surface area contributed by atoms with E-state index in [1.54, 1.807) is 6.07 Å². The van der Waals surface area contributed by atoms with E-state index in [9.17, 15) is 22.8 Å². The highest BCUT2D eigenvalue weighted by atomic mass is 32.2. The molecular formula is C13H13NO7S. The lowest BCUT2D eigenvalue weighted by Gasteiger charge is -2.10. The number of carboxylic acids is 2. The molecule has 0 unspecified atom stereocenters. The minimum absolute atomic E-state index is 0.0156. The SMILES string of the molecule is O=C(O)C[C@@H](NC(=O)/C=C/c1ccccc1[SH](=O)=O)C(=O)O. The maximum Gasteiger partial charge on any atom is 0.326 e. The third kappa shape index (κ3) is 5.37. The highest BCUT2D eigenvalue weighted by Gasteiger charge is 2.21. The van der Waals surface area contributed by atoms with Crippen molar-refractivity contribution in [2.45, 2.75) is 17.4 Å². The van der Waals surface area contributed by atoms with E-state index < -0.39 is 41.0 Å². The summed E-state index contributed by atoms with van der Waals surface area (Å²) in [6.45, 7) is 0. The number of thiol groups is 1. The summed E-state index contributed by atoms with van der Waals surface area (Å²) in [5.41, 5.74) is 0.263. The molecular weight excluding hydrogens is 314 g/mol. The molecule has 8 nitrogen and oxygen atoms in total. The van der Waals surface area contributed by atoms with Crippen molar-refractivity contribution in [3.05, 3.63) is 35.9 Å². The largest absolute Gasteiger partial charge is 0.481 e. The number of amides is 1. The molecule has 0 aliphatic rings. The van der Waals surface area contributed by atoms with Crippen molar-refractivity contribution in [2.24, 2.45) is 0 Å². The Bertz CT molecular complexity index is 685. The number of carbonyl (C=O) groups excluding carboxylic acids is 1. The smallest absolute Gasteiger partial charge is 0.326 e. The maximum atomic E-state index is 11.6. The van der Waals surface area contributed by atoms with Gasteiger partial charge in [0, 0.05) is 6.08 Å². The second kappa shape index (κ2) is 7.93. The van der Waals surface area contributed by atoms with E-state index in [1.165, 1.54) is 24.3 Å². The second-order valence-electron chi connectivity index (χ2n) is 4.15. The number of aliphatic carboxylic acids is 2. The second-order valence-corrected chi connectivity index (χ2v) is 5.14. The summed E-state index contributed by atoms with van der Waals surface area (Å²) < 4.78 is 22.0. The summed E-state index contributed by atoms with van der Waals surface area (Å²) in [5.74, 6) is -3.69. The molecule has 0 saturated carbocycles. The van der Waals surface area contributed by atoms with Crippen LogP contribution in [0.25, 0.3) is 6.08 Å². The summed E-state index contributed by atoms with van der Waals surface area (Å²) in [6, 6.07) is 4.35. The molecule has 0 saturated heterocycles. The third-order valence-electron chi connectivity index (χ3n) is 2.54. The summed E-state index contributed by atoms with van der Waals surface area (Å²) in [5, 5.41) is 19.4. The van der Waals surface area contributed by atoms with Gasteiger partial charge in [-0.05, 0) is 17.7 Å². The Hall–Kier alpha value is -2.68. The van der Waals surface area contributed by atoms with Gasteiger partial charge in [-0.1, -0.05) is 18.2 Å². The summed E-state index contributed by atoms with van der Waals surface area (Å²) in [7, 11) is -2.84. The van der Waals surface area contributed by atoms with Gasteiger partial charge < -0.3 is 15.5 Å². The molecule has 0 heterocycles. The first-order chi connectivity index (χ1) is 10.3. The Morgan fingerprint density at radius 1 is 1.18 bits per heavy atom. The molecule has 0 aliphatic heterocycles. The number of carbonyl (C=O) groups is 3. The van der Waals surface area contributed by atoms with Gasteiger partial charge in [-0.3, -0.25) is 9.59 Å². The van der Waals surface area contributed by atoms with Crippen LogP contribution in [0.3, 0.4) is 0 Å². The van der Waals surface area contributed by atoms with Crippen LogP contribution >= 0.6 is 0 Å². The Balaban J connectivity index is 2.84. The zero-order chi connectivity index (χ0) is 16.7. The lowest BCUT2D eigenvalue weighted by Crippen LogP contribution is -2.41. The van der Waals surface area contributed by atoms with Crippen LogP contribution in [0, 0.1) is 0 Å². The van der Waals surface area contributed by atoms with Gasteiger partial charge in [0.25, 0.3) is 0 Å². The van der Waals surface area contributed by atoms with Crippen molar-refractivity contribution >= 4 is 34.6 Å². The molecule has 0 fully saturated rings. The minimum Gasteiger partial charge on any atom is -0.481 e. The van der Waals surface area contributed by atoms with Crippen molar-refractivity contribution < 1.29 is 33.0 Å². The molecule has 9 heteroatoms. The van der Waals surface area contributed by atoms with Gasteiger partial charge in [0.15, 0.2) is 10.7 Å². The van der Waals surface area contributed by atoms with Gasteiger partial charge in [-0.15, -0.1) is 0 Å². The minimum atomic E-state index is -2.84. The number of hydrogen-bond donors (Lipinski definition) is 4. The fourth-order valence-corrected chi connectivity index (χ4v) is 2.12. The molecule has 0 aliphatic carbocycles. The normalized spacial score (nSPS) is 12.2. The zero-order valence-corrected chi connectivity index (χ0v) is 12.0. The average Bonchev–Trinajstić information content (AvgIpc) is 2.44. The highest BCUT2D eigenvalue weighted by molar-refractivity contribution is 7.72. The molecule has 0 radical (unpaired) electrons. The first-order valence-electron chi connectivity index (χ1n) is 5.98. The monoisotopic (exact) mass is 327 g/mol. The van der Waals surface area contributed by atoms with Crippen LogP contribution < -0.4 is 5.32 Å². The molecule has 0 aromatic heterocycles. The van der Waals surface area contributed by atoms with Crippen molar-refractivity contribution in [1.29, 1.82) is 0 Å². The van der Waals surface area contributed by atoms with E-state index in [0.29, 0.717) is 0 Å². The zero-order valence-electron chi connectivity index (χ0n) is 11.1. The van der Waals surface area contributed by atoms with Gasteiger partial charge in [0.05, 0.1) is 11.3 Å². The molecule has 1 aromatic carbocycles. The quantitative estimate of drug-likeness (QED) is 0.399. The molecule has 22 heavy (non-hydrogen) atoms. The van der Waals surface area contributed by atoms with Gasteiger partial charge in [0.1, 0.15) is 6.04 Å². The van der Waals surface area contributed by atoms with E-state index in [2.05, 4.69) is 0 Å². The molecule has 118 valence electrons. The van der Waals surface area contributed by atoms with Crippen LogP contribution in [0.4, 0.5) is 0 Å². The average molecular weight is 327 g/mol. The van der Waals surface area contributed by atoms with E-state index in [4.69, 9.17) is 10.2 Å². The predicted octanol–water partition coefficient (Wildman–Crippen LogP) is -0.286. The number of carboxylic acid groups (broad SMARTS) is 2. The third-order valence-corrected chi connectivity index (χ3v) is 3.34. The van der Waals surface area contributed by atoms with Crippen LogP contribution in [0.5, 0.6) is 0 Å². The van der Waals surface area contributed by atoms with Gasteiger partial charge >= 0.3 is 11.9 Å². The number of nitrogens with one attached hydrogen (secondary N) is 1. The van der Waals surface area contributed by atoms with Gasteiger partial charge in [-0.2, -0.15) is 0 Å². The fraction of sp³-hybridized carbons (Fsp3) is 0.154. The molecule has 3 N–H and O–H groups in total.